The van der Waals surface area contributed by atoms with Crippen molar-refractivity contribution < 1.29 is 18.3 Å². The highest BCUT2D eigenvalue weighted by Gasteiger charge is 2.38. The van der Waals surface area contributed by atoms with Crippen molar-refractivity contribution in [3.63, 3.8) is 0 Å². The van der Waals surface area contributed by atoms with Gasteiger partial charge >= 0.3 is 6.18 Å². The van der Waals surface area contributed by atoms with E-state index in [0.29, 0.717) is 10.7 Å². The highest BCUT2D eigenvalue weighted by molar-refractivity contribution is 7.99. The number of halogens is 3. The van der Waals surface area contributed by atoms with E-state index in [1.165, 1.54) is 0 Å². The molecular weight excluding hydrogens is 253 g/mol. The number of hydrogen-bond donors (Lipinski definition) is 2. The van der Waals surface area contributed by atoms with Crippen molar-refractivity contribution in [2.45, 2.75) is 17.4 Å². The first-order valence-electron chi connectivity index (χ1n) is 4.79. The van der Waals surface area contributed by atoms with Gasteiger partial charge < -0.3 is 10.1 Å². The number of nitrogens with zero attached hydrogens (tertiary/aromatic N) is 1. The van der Waals surface area contributed by atoms with Crippen LogP contribution in [0.1, 0.15) is 0 Å². The Labute approximate surface area is 99.1 Å². The number of imidazole rings is 1. The lowest BCUT2D eigenvalue weighted by Gasteiger charge is -2.12. The first kappa shape index (κ1) is 12.3. The van der Waals surface area contributed by atoms with E-state index in [4.69, 9.17) is 5.11 Å². The second-order valence-corrected chi connectivity index (χ2v) is 4.44. The van der Waals surface area contributed by atoms with E-state index in [2.05, 4.69) is 9.97 Å². The molecule has 2 N–H and O–H groups in total. The number of aromatic amines is 1. The predicted octanol–water partition coefficient (Wildman–Crippen LogP) is 2.58. The van der Waals surface area contributed by atoms with Crippen LogP contribution in [0.2, 0.25) is 0 Å². The molecule has 92 valence electrons. The normalized spacial score (nSPS) is 14.1. The summed E-state index contributed by atoms with van der Waals surface area (Å²) in [4.78, 5) is 6.97. The molecule has 0 saturated heterocycles. The summed E-state index contributed by atoms with van der Waals surface area (Å²) in [7, 11) is 0. The van der Waals surface area contributed by atoms with Gasteiger partial charge in [-0.3, -0.25) is 0 Å². The second kappa shape index (κ2) is 4.58. The van der Waals surface area contributed by atoms with Crippen molar-refractivity contribution in [2.75, 3.05) is 5.75 Å². The molecule has 1 aromatic heterocycles. The molecule has 0 radical (unpaired) electrons. The van der Waals surface area contributed by atoms with E-state index in [-0.39, 0.29) is 0 Å². The van der Waals surface area contributed by atoms with Crippen LogP contribution in [0, 0.1) is 0 Å². The predicted molar refractivity (Wildman–Crippen MR) is 58.9 cm³/mol. The van der Waals surface area contributed by atoms with Gasteiger partial charge in [-0.25, -0.2) is 4.98 Å². The second-order valence-electron chi connectivity index (χ2n) is 3.43. The average Bonchev–Trinajstić information content (AvgIpc) is 2.66. The third-order valence-electron chi connectivity index (χ3n) is 2.12. The van der Waals surface area contributed by atoms with E-state index in [9.17, 15) is 13.2 Å². The van der Waals surface area contributed by atoms with Gasteiger partial charge in [0.2, 0.25) is 0 Å². The molecule has 3 nitrogen and oxygen atoms in total. The number of benzene rings is 1. The average molecular weight is 262 g/mol. The summed E-state index contributed by atoms with van der Waals surface area (Å²) in [5, 5.41) is 9.20. The summed E-state index contributed by atoms with van der Waals surface area (Å²) in [6.45, 7) is 0. The number of nitrogens with one attached hydrogen (secondary N) is 1. The van der Waals surface area contributed by atoms with E-state index in [0.717, 1.165) is 17.3 Å². The number of aromatic nitrogens is 2. The van der Waals surface area contributed by atoms with Crippen LogP contribution < -0.4 is 0 Å². The highest BCUT2D eigenvalue weighted by Crippen LogP contribution is 2.26. The Hall–Kier alpha value is -1.21. The number of aliphatic hydroxyl groups excluding tert-OH is 1. The van der Waals surface area contributed by atoms with E-state index in [1.54, 1.807) is 24.3 Å². The van der Waals surface area contributed by atoms with Crippen LogP contribution in [-0.4, -0.2) is 33.1 Å². The Morgan fingerprint density at radius 1 is 1.35 bits per heavy atom. The minimum absolute atomic E-state index is 0.370. The summed E-state index contributed by atoms with van der Waals surface area (Å²) in [5.41, 5.74) is 1.45. The first-order valence-corrected chi connectivity index (χ1v) is 5.78. The Morgan fingerprint density at radius 3 is 2.71 bits per heavy atom. The Kier molecular flexibility index (Phi) is 3.30. The minimum atomic E-state index is -4.58. The molecule has 1 atom stereocenters. The highest BCUT2D eigenvalue weighted by atomic mass is 32.2. The van der Waals surface area contributed by atoms with Crippen LogP contribution in [0.4, 0.5) is 13.2 Å². The maximum atomic E-state index is 12.1. The zero-order valence-electron chi connectivity index (χ0n) is 8.53. The van der Waals surface area contributed by atoms with Crippen molar-refractivity contribution in [1.29, 1.82) is 0 Å². The third kappa shape index (κ3) is 2.92. The largest absolute Gasteiger partial charge is 0.415 e. The molecule has 0 saturated carbocycles. The molecule has 0 aliphatic heterocycles. The van der Waals surface area contributed by atoms with Gasteiger partial charge in [-0.15, -0.1) is 0 Å². The molecule has 0 fully saturated rings. The van der Waals surface area contributed by atoms with Gasteiger partial charge in [0.1, 0.15) is 0 Å². The van der Waals surface area contributed by atoms with Crippen LogP contribution in [0.15, 0.2) is 29.4 Å². The fraction of sp³-hybridized carbons (Fsp3) is 0.300. The molecule has 1 aromatic carbocycles. The SMILES string of the molecule is OC(CSc1nc2ccccc2[nH]1)C(F)(F)F. The van der Waals surface area contributed by atoms with Crippen LogP contribution >= 0.6 is 11.8 Å². The van der Waals surface area contributed by atoms with Crippen LogP contribution in [0.25, 0.3) is 11.0 Å². The summed E-state index contributed by atoms with van der Waals surface area (Å²) in [6, 6.07) is 7.14. The quantitative estimate of drug-likeness (QED) is 0.836. The molecule has 0 spiro atoms. The molecule has 1 heterocycles. The maximum Gasteiger partial charge on any atom is 0.415 e. The zero-order chi connectivity index (χ0) is 12.5. The first-order chi connectivity index (χ1) is 7.97. The summed E-state index contributed by atoms with van der Waals surface area (Å²) in [6.07, 6.45) is -6.92. The number of alkyl halides is 3. The van der Waals surface area contributed by atoms with Gasteiger partial charge in [0.15, 0.2) is 11.3 Å². The Morgan fingerprint density at radius 2 is 2.06 bits per heavy atom. The molecule has 0 aliphatic rings. The van der Waals surface area contributed by atoms with Crippen molar-refractivity contribution in [3.8, 4) is 0 Å². The monoisotopic (exact) mass is 262 g/mol. The molecular formula is C10H9F3N2OS. The number of rotatable bonds is 3. The lowest BCUT2D eigenvalue weighted by atomic mass is 10.3. The minimum Gasteiger partial charge on any atom is -0.383 e. The van der Waals surface area contributed by atoms with Gasteiger partial charge in [-0.05, 0) is 12.1 Å². The molecule has 2 rings (SSSR count). The summed E-state index contributed by atoms with van der Waals surface area (Å²) < 4.78 is 36.2. The summed E-state index contributed by atoms with van der Waals surface area (Å²) in [5.74, 6) is -0.469. The number of thioether (sulfide) groups is 1. The van der Waals surface area contributed by atoms with Gasteiger partial charge in [0.25, 0.3) is 0 Å². The molecule has 2 aromatic rings. The van der Waals surface area contributed by atoms with E-state index in [1.807, 2.05) is 0 Å². The van der Waals surface area contributed by atoms with Crippen LogP contribution in [0.5, 0.6) is 0 Å². The third-order valence-corrected chi connectivity index (χ3v) is 3.07. The van der Waals surface area contributed by atoms with Crippen molar-refractivity contribution in [3.05, 3.63) is 24.3 Å². The smallest absolute Gasteiger partial charge is 0.383 e. The van der Waals surface area contributed by atoms with E-state index >= 15 is 0 Å². The van der Waals surface area contributed by atoms with Gasteiger partial charge in [-0.1, -0.05) is 23.9 Å². The maximum absolute atomic E-state index is 12.1. The Balaban J connectivity index is 2.04. The lowest BCUT2D eigenvalue weighted by Crippen LogP contribution is -2.30. The number of para-hydroxylation sites is 2. The number of hydrogen-bond acceptors (Lipinski definition) is 3. The van der Waals surface area contributed by atoms with Crippen molar-refractivity contribution in [2.24, 2.45) is 0 Å². The molecule has 0 bridgehead atoms. The van der Waals surface area contributed by atoms with Gasteiger partial charge in [0, 0.05) is 5.75 Å². The molecule has 1 unspecified atom stereocenters. The summed E-state index contributed by atoms with van der Waals surface area (Å²) >= 11 is 0.844. The van der Waals surface area contributed by atoms with Crippen LogP contribution in [-0.2, 0) is 0 Å². The standard InChI is InChI=1S/C10H9F3N2OS/c11-10(12,13)8(16)5-17-9-14-6-3-1-2-4-7(6)15-9/h1-4,8,16H,5H2,(H,14,15). The molecule has 7 heteroatoms. The van der Waals surface area contributed by atoms with Gasteiger partial charge in [-0.2, -0.15) is 13.2 Å². The lowest BCUT2D eigenvalue weighted by molar-refractivity contribution is -0.195. The van der Waals surface area contributed by atoms with E-state index < -0.39 is 18.0 Å². The topological polar surface area (TPSA) is 48.9 Å². The van der Waals surface area contributed by atoms with Crippen molar-refractivity contribution >= 4 is 22.8 Å². The van der Waals surface area contributed by atoms with Gasteiger partial charge in [0.05, 0.1) is 11.0 Å². The number of fused-ring (bicyclic) bond motifs is 1. The molecule has 17 heavy (non-hydrogen) atoms. The van der Waals surface area contributed by atoms with Crippen molar-refractivity contribution in [1.82, 2.24) is 9.97 Å². The number of H-pyrrole nitrogens is 1. The fourth-order valence-corrected chi connectivity index (χ4v) is 2.10. The van der Waals surface area contributed by atoms with Crippen LogP contribution in [0.3, 0.4) is 0 Å². The number of aliphatic hydroxyl groups is 1. The molecule has 0 aliphatic carbocycles. The zero-order valence-corrected chi connectivity index (χ0v) is 9.35. The Bertz CT molecular complexity index is 478. The fourth-order valence-electron chi connectivity index (χ4n) is 1.25. The molecule has 0 amide bonds.